The third-order valence-electron chi connectivity index (χ3n) is 5.68. The second-order valence-corrected chi connectivity index (χ2v) is 15.6. The molecule has 0 amide bonds. The first-order chi connectivity index (χ1) is 10.0. The molecule has 3 N–H and O–H groups in total. The Kier molecular flexibility index (Phi) is 5.30. The van der Waals surface area contributed by atoms with Crippen molar-refractivity contribution in [3.8, 4) is 0 Å². The van der Waals surface area contributed by atoms with Crippen LogP contribution in [0.4, 0.5) is 0 Å². The number of benzene rings is 1. The van der Waals surface area contributed by atoms with Gasteiger partial charge in [0.2, 0.25) is 0 Å². The zero-order chi connectivity index (χ0) is 18.4. The van der Waals surface area contributed by atoms with Gasteiger partial charge >= 0.3 is 0 Å². The van der Waals surface area contributed by atoms with E-state index in [4.69, 9.17) is 9.92 Å². The van der Waals surface area contributed by atoms with Gasteiger partial charge in [-0.1, -0.05) is 46.0 Å². The van der Waals surface area contributed by atoms with E-state index in [9.17, 15) is 4.21 Å². The molecule has 0 aliphatic heterocycles. The van der Waals surface area contributed by atoms with Gasteiger partial charge in [0.05, 0.1) is 13.0 Å². The number of hydrogen-bond donors (Lipinski definition) is 2. The molecule has 4 nitrogen and oxygen atoms in total. The van der Waals surface area contributed by atoms with Crippen LogP contribution in [0.2, 0.25) is 18.1 Å². The summed E-state index contributed by atoms with van der Waals surface area (Å²) >= 11 is 0. The Labute approximate surface area is 143 Å². The monoisotopic (exact) mass is 355 g/mol. The molecule has 0 radical (unpaired) electrons. The van der Waals surface area contributed by atoms with Crippen LogP contribution in [0.25, 0.3) is 0 Å². The van der Waals surface area contributed by atoms with E-state index in [2.05, 4.69) is 72.8 Å². The largest absolute Gasteiger partial charge is 0.300 e. The summed E-state index contributed by atoms with van der Waals surface area (Å²) in [4.78, 5) is 2.67. The maximum Gasteiger partial charge on any atom is 0.131 e. The zero-order valence-electron chi connectivity index (χ0n) is 16.1. The first-order valence-corrected chi connectivity index (χ1v) is 12.5. The van der Waals surface area contributed by atoms with Crippen LogP contribution in [0.5, 0.6) is 0 Å². The summed E-state index contributed by atoms with van der Waals surface area (Å²) in [5.41, 5.74) is 1.02. The van der Waals surface area contributed by atoms with Crippen LogP contribution in [0, 0.1) is 4.78 Å². The highest BCUT2D eigenvalue weighted by Crippen LogP contribution is 2.37. The van der Waals surface area contributed by atoms with Crippen molar-refractivity contribution >= 4 is 23.2 Å². The van der Waals surface area contributed by atoms with E-state index >= 15 is 0 Å². The molecule has 0 spiro atoms. The van der Waals surface area contributed by atoms with E-state index in [0.717, 1.165) is 10.8 Å². The van der Waals surface area contributed by atoms with Crippen molar-refractivity contribution in [3.05, 3.63) is 23.8 Å². The molecule has 0 heterocycles. The quantitative estimate of drug-likeness (QED) is 0.812. The molecule has 1 rings (SSSR count). The zero-order valence-corrected chi connectivity index (χ0v) is 17.9. The predicted octanol–water partition coefficient (Wildman–Crippen LogP) is 3.48. The topological polar surface area (TPSA) is 70.2 Å². The maximum atomic E-state index is 12.3. The fourth-order valence-electron chi connectivity index (χ4n) is 2.33. The number of nitrogens with one attached hydrogen (secondary N) is 1. The molecule has 1 aromatic rings. The van der Waals surface area contributed by atoms with Crippen molar-refractivity contribution in [3.63, 3.8) is 0 Å². The average molecular weight is 356 g/mol. The molecule has 132 valence electrons. The van der Waals surface area contributed by atoms with Crippen LogP contribution in [-0.2, 0) is 15.5 Å². The maximum absolute atomic E-state index is 12.3. The minimum absolute atomic E-state index is 0.0767. The second kappa shape index (κ2) is 5.99. The summed E-state index contributed by atoms with van der Waals surface area (Å²) in [7, 11) is -1.11. The van der Waals surface area contributed by atoms with Crippen LogP contribution >= 0.6 is 0 Å². The molecule has 0 saturated carbocycles. The van der Waals surface area contributed by atoms with Gasteiger partial charge in [-0.2, -0.15) is 0 Å². The number of nitrogens with two attached hydrogens (primary N) is 1. The highest BCUT2D eigenvalue weighted by atomic mass is 32.2. The van der Waals surface area contributed by atoms with Crippen molar-refractivity contribution in [1.29, 1.82) is 4.78 Å². The first-order valence-electron chi connectivity index (χ1n) is 7.92. The molecule has 0 aromatic heterocycles. The fraction of sp³-hybridized carbons (Fsp3) is 0.647. The molecule has 6 heteroatoms. The molecule has 0 aliphatic rings. The van der Waals surface area contributed by atoms with Crippen LogP contribution < -0.4 is 10.3 Å². The SMILES string of the molecule is CN(C)C(C)(C)c1ccc(S(=N)(N)=O)c([Si](C)(C)C(C)(C)C)c1. The van der Waals surface area contributed by atoms with Gasteiger partial charge in [0.1, 0.15) is 9.92 Å². The molecular weight excluding hydrogens is 322 g/mol. The van der Waals surface area contributed by atoms with Crippen molar-refractivity contribution in [2.24, 2.45) is 5.14 Å². The first kappa shape index (κ1) is 20.4. The molecule has 0 aliphatic carbocycles. The van der Waals surface area contributed by atoms with Crippen molar-refractivity contribution < 1.29 is 4.21 Å². The lowest BCUT2D eigenvalue weighted by Crippen LogP contribution is -2.52. The van der Waals surface area contributed by atoms with E-state index in [1.807, 2.05) is 12.1 Å². The normalized spacial score (nSPS) is 16.5. The summed E-state index contributed by atoms with van der Waals surface area (Å²) in [6, 6.07) is 5.92. The Balaban J connectivity index is 3.77. The Morgan fingerprint density at radius 3 is 1.96 bits per heavy atom. The number of hydrogen-bond acceptors (Lipinski definition) is 3. The molecule has 23 heavy (non-hydrogen) atoms. The van der Waals surface area contributed by atoms with Gasteiger partial charge in [0.15, 0.2) is 0 Å². The fourth-order valence-corrected chi connectivity index (χ4v) is 6.23. The Morgan fingerprint density at radius 2 is 1.61 bits per heavy atom. The summed E-state index contributed by atoms with van der Waals surface area (Å²) in [6.45, 7) is 15.5. The van der Waals surface area contributed by atoms with E-state index in [1.165, 1.54) is 0 Å². The van der Waals surface area contributed by atoms with Gasteiger partial charge in [-0.15, -0.1) is 0 Å². The summed E-state index contributed by atoms with van der Waals surface area (Å²) < 4.78 is 20.3. The average Bonchev–Trinajstić information content (AvgIpc) is 2.35. The van der Waals surface area contributed by atoms with Gasteiger partial charge in [-0.3, -0.25) is 0 Å². The van der Waals surface area contributed by atoms with E-state index in [1.54, 1.807) is 0 Å². The van der Waals surface area contributed by atoms with Crippen LogP contribution in [0.3, 0.4) is 0 Å². The lowest BCUT2D eigenvalue weighted by molar-refractivity contribution is 0.198. The third kappa shape index (κ3) is 3.87. The van der Waals surface area contributed by atoms with Crippen LogP contribution in [0.1, 0.15) is 40.2 Å². The van der Waals surface area contributed by atoms with Crippen LogP contribution in [-0.4, -0.2) is 31.3 Å². The summed E-state index contributed by atoms with van der Waals surface area (Å²) in [5.74, 6) is 0. The number of rotatable bonds is 4. The van der Waals surface area contributed by atoms with Crippen LogP contribution in [0.15, 0.2) is 23.1 Å². The highest BCUT2D eigenvalue weighted by Gasteiger charge is 2.40. The van der Waals surface area contributed by atoms with E-state index in [0.29, 0.717) is 4.90 Å². The molecule has 1 unspecified atom stereocenters. The molecule has 0 saturated heterocycles. The molecule has 1 atom stereocenters. The van der Waals surface area contributed by atoms with Crippen molar-refractivity contribution in [1.82, 2.24) is 4.90 Å². The predicted molar refractivity (Wildman–Crippen MR) is 103 cm³/mol. The molecule has 0 bridgehead atoms. The van der Waals surface area contributed by atoms with Gasteiger partial charge in [-0.05, 0) is 49.8 Å². The standard InChI is InChI=1S/C17H33N3OSSi/c1-16(2,3)23(8,9)15-12-13(17(4,5)20(6)7)10-11-14(15)22(18,19)21/h10-12H,1-9H3,(H3,18,19,21). The second-order valence-electron chi connectivity index (χ2n) is 8.64. The smallest absolute Gasteiger partial charge is 0.131 e. The molecular formula is C17H33N3OSSi. The lowest BCUT2D eigenvalue weighted by atomic mass is 9.93. The lowest BCUT2D eigenvalue weighted by Gasteiger charge is -2.40. The molecule has 1 aromatic carbocycles. The summed E-state index contributed by atoms with van der Waals surface area (Å²) in [5, 5.41) is 6.84. The Hall–Kier alpha value is -0.693. The van der Waals surface area contributed by atoms with E-state index in [-0.39, 0.29) is 10.6 Å². The minimum Gasteiger partial charge on any atom is -0.300 e. The van der Waals surface area contributed by atoms with Gasteiger partial charge < -0.3 is 4.90 Å². The minimum atomic E-state index is -3.24. The Bertz CT molecular complexity index is 686. The molecule has 0 fully saturated rings. The summed E-state index contributed by atoms with van der Waals surface area (Å²) in [6.07, 6.45) is 0. The van der Waals surface area contributed by atoms with Crippen molar-refractivity contribution in [2.75, 3.05) is 14.1 Å². The van der Waals surface area contributed by atoms with Gasteiger partial charge in [0.25, 0.3) is 0 Å². The van der Waals surface area contributed by atoms with Gasteiger partial charge in [-0.25, -0.2) is 14.1 Å². The number of nitrogens with zero attached hydrogens (tertiary/aromatic N) is 1. The van der Waals surface area contributed by atoms with Crippen molar-refractivity contribution in [2.45, 2.75) is 63.2 Å². The van der Waals surface area contributed by atoms with E-state index < -0.39 is 18.0 Å². The highest BCUT2D eigenvalue weighted by molar-refractivity contribution is 7.90. The third-order valence-corrected chi connectivity index (χ3v) is 12.4. The van der Waals surface area contributed by atoms with Gasteiger partial charge in [0, 0.05) is 5.54 Å². The Morgan fingerprint density at radius 1 is 1.13 bits per heavy atom.